The minimum absolute atomic E-state index is 0.239. The average molecular weight is 300 g/mol. The lowest BCUT2D eigenvalue weighted by Gasteiger charge is -2.18. The Morgan fingerprint density at radius 2 is 1.62 bits per heavy atom. The summed E-state index contributed by atoms with van der Waals surface area (Å²) in [7, 11) is 0. The third kappa shape index (κ3) is 2.41. The summed E-state index contributed by atoms with van der Waals surface area (Å²) in [6.45, 7) is 1.95. The van der Waals surface area contributed by atoms with E-state index in [1.807, 2.05) is 43.3 Å². The van der Waals surface area contributed by atoms with Crippen LogP contribution >= 0.6 is 11.6 Å². The largest absolute Gasteiger partial charge is 0.320 e. The molecule has 0 fully saturated rings. The van der Waals surface area contributed by atoms with E-state index in [0.717, 1.165) is 22.1 Å². The fourth-order valence-corrected chi connectivity index (χ4v) is 2.88. The van der Waals surface area contributed by atoms with Crippen molar-refractivity contribution in [2.75, 3.05) is 0 Å². The summed E-state index contributed by atoms with van der Waals surface area (Å²) in [6, 6.07) is 16.0. The van der Waals surface area contributed by atoms with E-state index in [0.29, 0.717) is 10.4 Å². The molecule has 0 aromatic heterocycles. The van der Waals surface area contributed by atoms with Gasteiger partial charge in [-0.25, -0.2) is 4.39 Å². The molecule has 0 aliphatic carbocycles. The number of nitrogens with two attached hydrogens (primary N) is 1. The molecule has 0 aliphatic heterocycles. The highest BCUT2D eigenvalue weighted by Crippen LogP contribution is 2.33. The zero-order valence-electron chi connectivity index (χ0n) is 11.6. The van der Waals surface area contributed by atoms with Crippen molar-refractivity contribution in [1.29, 1.82) is 0 Å². The molecule has 0 bridgehead atoms. The molecule has 0 saturated carbocycles. The summed E-state index contributed by atoms with van der Waals surface area (Å²) < 4.78 is 13.9. The molecule has 3 aromatic carbocycles. The predicted molar refractivity (Wildman–Crippen MR) is 86.1 cm³/mol. The van der Waals surface area contributed by atoms with Crippen LogP contribution in [0.2, 0.25) is 5.02 Å². The van der Waals surface area contributed by atoms with E-state index in [4.69, 9.17) is 17.3 Å². The van der Waals surface area contributed by atoms with Gasteiger partial charge in [0.25, 0.3) is 0 Å². The van der Waals surface area contributed by atoms with Gasteiger partial charge in [-0.3, -0.25) is 0 Å². The normalized spacial score (nSPS) is 12.6. The van der Waals surface area contributed by atoms with E-state index in [2.05, 4.69) is 0 Å². The van der Waals surface area contributed by atoms with Crippen LogP contribution < -0.4 is 5.73 Å². The number of hydrogen-bond donors (Lipinski definition) is 1. The third-order valence-corrected chi connectivity index (χ3v) is 4.31. The van der Waals surface area contributed by atoms with Gasteiger partial charge >= 0.3 is 0 Å². The van der Waals surface area contributed by atoms with Crippen molar-refractivity contribution in [3.63, 3.8) is 0 Å². The van der Waals surface area contributed by atoms with Gasteiger partial charge in [0.15, 0.2) is 0 Å². The van der Waals surface area contributed by atoms with E-state index in [-0.39, 0.29) is 11.9 Å². The molecule has 1 nitrogen and oxygen atoms in total. The molecular weight excluding hydrogens is 285 g/mol. The molecule has 0 radical (unpaired) electrons. The Morgan fingerprint density at radius 3 is 2.38 bits per heavy atom. The van der Waals surface area contributed by atoms with Gasteiger partial charge < -0.3 is 5.73 Å². The topological polar surface area (TPSA) is 26.0 Å². The number of aryl methyl sites for hydroxylation is 1. The van der Waals surface area contributed by atoms with Crippen LogP contribution in [0.25, 0.3) is 10.8 Å². The third-order valence-electron chi connectivity index (χ3n) is 3.80. The van der Waals surface area contributed by atoms with Gasteiger partial charge in [0.1, 0.15) is 5.82 Å². The fraction of sp³-hybridized carbons (Fsp3) is 0.111. The lowest BCUT2D eigenvalue weighted by atomic mass is 9.93. The van der Waals surface area contributed by atoms with E-state index in [1.54, 1.807) is 12.1 Å². The van der Waals surface area contributed by atoms with Crippen molar-refractivity contribution in [2.45, 2.75) is 13.0 Å². The molecule has 0 spiro atoms. The van der Waals surface area contributed by atoms with Crippen LogP contribution in [0.15, 0.2) is 54.6 Å². The Hall–Kier alpha value is -1.90. The number of benzene rings is 3. The molecule has 1 unspecified atom stereocenters. The Labute approximate surface area is 128 Å². The first-order valence-electron chi connectivity index (χ1n) is 6.77. The van der Waals surface area contributed by atoms with Gasteiger partial charge in [0.05, 0.1) is 6.04 Å². The van der Waals surface area contributed by atoms with Crippen LogP contribution in [-0.4, -0.2) is 0 Å². The van der Waals surface area contributed by atoms with Gasteiger partial charge in [-0.15, -0.1) is 0 Å². The standard InChI is InChI=1S/C18H15ClFN/c1-11-5-4-8-15(17(11)19)18(21)14-9-10-16(20)13-7-3-2-6-12(13)14/h2-10,18H,21H2,1H3. The summed E-state index contributed by atoms with van der Waals surface area (Å²) in [5, 5.41) is 2.07. The molecule has 3 aromatic rings. The maximum absolute atomic E-state index is 13.9. The van der Waals surface area contributed by atoms with Crippen LogP contribution in [0.5, 0.6) is 0 Å². The quantitative estimate of drug-likeness (QED) is 0.709. The highest BCUT2D eigenvalue weighted by atomic mass is 35.5. The number of rotatable bonds is 2. The summed E-state index contributed by atoms with van der Waals surface area (Å²) in [4.78, 5) is 0. The number of fused-ring (bicyclic) bond motifs is 1. The van der Waals surface area contributed by atoms with Crippen molar-refractivity contribution in [2.24, 2.45) is 5.73 Å². The first kappa shape index (κ1) is 14.1. The van der Waals surface area contributed by atoms with Crippen molar-refractivity contribution in [3.05, 3.63) is 82.1 Å². The van der Waals surface area contributed by atoms with Gasteiger partial charge in [0, 0.05) is 10.4 Å². The Balaban J connectivity index is 2.21. The minimum atomic E-state index is -0.386. The summed E-state index contributed by atoms with van der Waals surface area (Å²) in [6.07, 6.45) is 0. The van der Waals surface area contributed by atoms with E-state index >= 15 is 0 Å². The van der Waals surface area contributed by atoms with Crippen LogP contribution in [0, 0.1) is 12.7 Å². The molecule has 0 aliphatic rings. The second kappa shape index (κ2) is 5.47. The summed E-state index contributed by atoms with van der Waals surface area (Å²) in [5.41, 5.74) is 9.11. The minimum Gasteiger partial charge on any atom is -0.320 e. The van der Waals surface area contributed by atoms with Crippen LogP contribution in [0.3, 0.4) is 0 Å². The highest BCUT2D eigenvalue weighted by Gasteiger charge is 2.17. The maximum Gasteiger partial charge on any atom is 0.131 e. The van der Waals surface area contributed by atoms with Crippen molar-refractivity contribution in [1.82, 2.24) is 0 Å². The SMILES string of the molecule is Cc1cccc(C(N)c2ccc(F)c3ccccc23)c1Cl. The number of hydrogen-bond acceptors (Lipinski definition) is 1. The van der Waals surface area contributed by atoms with E-state index in [9.17, 15) is 4.39 Å². The smallest absolute Gasteiger partial charge is 0.131 e. The Morgan fingerprint density at radius 1 is 0.905 bits per heavy atom. The molecule has 0 amide bonds. The molecule has 0 heterocycles. The van der Waals surface area contributed by atoms with Gasteiger partial charge in [-0.05, 0) is 35.1 Å². The molecule has 3 rings (SSSR count). The van der Waals surface area contributed by atoms with E-state index < -0.39 is 0 Å². The van der Waals surface area contributed by atoms with Crippen molar-refractivity contribution in [3.8, 4) is 0 Å². The van der Waals surface area contributed by atoms with Crippen LogP contribution in [-0.2, 0) is 0 Å². The molecule has 21 heavy (non-hydrogen) atoms. The lowest BCUT2D eigenvalue weighted by molar-refractivity contribution is 0.639. The molecule has 106 valence electrons. The average Bonchev–Trinajstić information content (AvgIpc) is 2.50. The zero-order chi connectivity index (χ0) is 15.0. The second-order valence-electron chi connectivity index (χ2n) is 5.14. The monoisotopic (exact) mass is 299 g/mol. The van der Waals surface area contributed by atoms with Crippen molar-refractivity contribution >= 4 is 22.4 Å². The summed E-state index contributed by atoms with van der Waals surface area (Å²) >= 11 is 6.37. The Kier molecular flexibility index (Phi) is 3.66. The zero-order valence-corrected chi connectivity index (χ0v) is 12.4. The first-order valence-corrected chi connectivity index (χ1v) is 7.15. The molecule has 0 saturated heterocycles. The second-order valence-corrected chi connectivity index (χ2v) is 5.52. The predicted octanol–water partition coefficient (Wildman–Crippen LogP) is 4.99. The van der Waals surface area contributed by atoms with Crippen LogP contribution in [0.1, 0.15) is 22.7 Å². The first-order chi connectivity index (χ1) is 10.1. The van der Waals surface area contributed by atoms with Gasteiger partial charge in [-0.1, -0.05) is 60.1 Å². The van der Waals surface area contributed by atoms with Crippen LogP contribution in [0.4, 0.5) is 4.39 Å². The van der Waals surface area contributed by atoms with E-state index in [1.165, 1.54) is 6.07 Å². The van der Waals surface area contributed by atoms with Gasteiger partial charge in [-0.2, -0.15) is 0 Å². The Bertz CT molecular complexity index is 813. The summed E-state index contributed by atoms with van der Waals surface area (Å²) in [5.74, 6) is -0.239. The number of halogens is 2. The maximum atomic E-state index is 13.9. The fourth-order valence-electron chi connectivity index (χ4n) is 2.63. The van der Waals surface area contributed by atoms with Crippen molar-refractivity contribution < 1.29 is 4.39 Å². The highest BCUT2D eigenvalue weighted by molar-refractivity contribution is 6.32. The molecule has 2 N–H and O–H groups in total. The lowest BCUT2D eigenvalue weighted by Crippen LogP contribution is -2.13. The molecule has 1 atom stereocenters. The molecule has 3 heteroatoms. The molecular formula is C18H15ClFN. The van der Waals surface area contributed by atoms with Gasteiger partial charge in [0.2, 0.25) is 0 Å².